The van der Waals surface area contributed by atoms with Crippen LogP contribution < -0.4 is 0 Å². The molecule has 27 heavy (non-hydrogen) atoms. The number of hydrogen-bond acceptors (Lipinski definition) is 3. The Kier molecular flexibility index (Phi) is 3.85. The van der Waals surface area contributed by atoms with E-state index in [0.29, 0.717) is 17.5 Å². The molecule has 0 radical (unpaired) electrons. The van der Waals surface area contributed by atoms with Gasteiger partial charge in [0, 0.05) is 20.0 Å². The zero-order valence-electron chi connectivity index (χ0n) is 15.2. The number of nitrogens with zero attached hydrogens (tertiary/aromatic N) is 3. The lowest BCUT2D eigenvalue weighted by atomic mass is 9.99. The molecule has 5 heteroatoms. The third-order valence-corrected chi connectivity index (χ3v) is 5.67. The van der Waals surface area contributed by atoms with E-state index >= 15 is 0 Å². The summed E-state index contributed by atoms with van der Waals surface area (Å²) in [6, 6.07) is 19.0. The maximum Gasteiger partial charge on any atom is 0.271 e. The van der Waals surface area contributed by atoms with Gasteiger partial charge in [0.25, 0.3) is 11.8 Å². The maximum absolute atomic E-state index is 13.2. The van der Waals surface area contributed by atoms with E-state index in [1.807, 2.05) is 30.3 Å². The number of piperazine rings is 1. The second kappa shape index (κ2) is 6.10. The standard InChI is InChI=1S/C22H19N3O2/c1-24-19(12-16-10-6-7-11-17(16)14-23)20(26)25(2)22(21(24)27)13-18(22)15-8-4-3-5-9-15/h3-12,18H,13H2,1-2H3/b19-12-. The minimum atomic E-state index is -0.806. The molecule has 0 N–H and O–H groups in total. The predicted molar refractivity (Wildman–Crippen MR) is 101 cm³/mol. The van der Waals surface area contributed by atoms with E-state index in [-0.39, 0.29) is 23.4 Å². The second-order valence-corrected chi connectivity index (χ2v) is 7.05. The van der Waals surface area contributed by atoms with Crippen molar-refractivity contribution >= 4 is 17.9 Å². The molecule has 1 aliphatic heterocycles. The number of carbonyl (C=O) groups is 2. The average molecular weight is 357 g/mol. The normalized spacial score (nSPS) is 25.8. The summed E-state index contributed by atoms with van der Waals surface area (Å²) in [6.07, 6.45) is 2.26. The average Bonchev–Trinajstić information content (AvgIpc) is 3.46. The lowest BCUT2D eigenvalue weighted by Crippen LogP contribution is -2.58. The van der Waals surface area contributed by atoms with Gasteiger partial charge in [0.15, 0.2) is 0 Å². The van der Waals surface area contributed by atoms with Crippen LogP contribution in [0.5, 0.6) is 0 Å². The lowest BCUT2D eigenvalue weighted by molar-refractivity contribution is -0.150. The Balaban J connectivity index is 1.72. The molecule has 1 heterocycles. The fourth-order valence-corrected chi connectivity index (χ4v) is 4.01. The zero-order chi connectivity index (χ0) is 19.2. The minimum absolute atomic E-state index is 0.00976. The molecular formula is C22H19N3O2. The van der Waals surface area contributed by atoms with Crippen molar-refractivity contribution in [3.05, 3.63) is 77.0 Å². The van der Waals surface area contributed by atoms with Crippen LogP contribution in [0, 0.1) is 11.3 Å². The van der Waals surface area contributed by atoms with Gasteiger partial charge in [-0.05, 0) is 29.7 Å². The first kappa shape index (κ1) is 17.0. The van der Waals surface area contributed by atoms with Crippen LogP contribution >= 0.6 is 0 Å². The smallest absolute Gasteiger partial charge is 0.271 e. The van der Waals surface area contributed by atoms with E-state index in [4.69, 9.17) is 0 Å². The Morgan fingerprint density at radius 2 is 1.74 bits per heavy atom. The number of hydrogen-bond donors (Lipinski definition) is 0. The summed E-state index contributed by atoms with van der Waals surface area (Å²) in [5, 5.41) is 9.28. The van der Waals surface area contributed by atoms with Gasteiger partial charge in [-0.3, -0.25) is 9.59 Å². The Labute approximate surface area is 158 Å². The molecule has 2 atom stereocenters. The van der Waals surface area contributed by atoms with Crippen molar-refractivity contribution in [2.24, 2.45) is 0 Å². The SMILES string of the molecule is CN1C(=O)C2(CC2c2ccccc2)N(C)C(=O)/C1=C/c1ccccc1C#N. The molecule has 1 spiro atoms. The van der Waals surface area contributed by atoms with Crippen molar-refractivity contribution in [3.8, 4) is 6.07 Å². The molecule has 2 aliphatic rings. The molecule has 1 saturated carbocycles. The summed E-state index contributed by atoms with van der Waals surface area (Å²) < 4.78 is 0. The van der Waals surface area contributed by atoms with Gasteiger partial charge >= 0.3 is 0 Å². The third-order valence-electron chi connectivity index (χ3n) is 5.67. The monoisotopic (exact) mass is 357 g/mol. The second-order valence-electron chi connectivity index (χ2n) is 7.05. The van der Waals surface area contributed by atoms with Crippen LogP contribution in [0.4, 0.5) is 0 Å². The van der Waals surface area contributed by atoms with Gasteiger partial charge in [-0.2, -0.15) is 5.26 Å². The molecule has 4 rings (SSSR count). The van der Waals surface area contributed by atoms with Gasteiger partial charge in [0.2, 0.25) is 0 Å². The van der Waals surface area contributed by atoms with E-state index in [0.717, 1.165) is 5.56 Å². The molecule has 1 aliphatic carbocycles. The first-order valence-electron chi connectivity index (χ1n) is 8.83. The molecule has 2 unspecified atom stereocenters. The van der Waals surface area contributed by atoms with Crippen LogP contribution in [0.3, 0.4) is 0 Å². The number of carbonyl (C=O) groups excluding carboxylic acids is 2. The summed E-state index contributed by atoms with van der Waals surface area (Å²) >= 11 is 0. The van der Waals surface area contributed by atoms with Crippen LogP contribution in [0.15, 0.2) is 60.3 Å². The van der Waals surface area contributed by atoms with Crippen molar-refractivity contribution in [2.75, 3.05) is 14.1 Å². The van der Waals surface area contributed by atoms with Crippen LogP contribution in [0.2, 0.25) is 0 Å². The molecular weight excluding hydrogens is 338 g/mol. The van der Waals surface area contributed by atoms with E-state index in [1.54, 1.807) is 49.3 Å². The van der Waals surface area contributed by atoms with Gasteiger partial charge in [-0.1, -0.05) is 48.5 Å². The van der Waals surface area contributed by atoms with E-state index < -0.39 is 5.54 Å². The van der Waals surface area contributed by atoms with E-state index in [2.05, 4.69) is 6.07 Å². The molecule has 134 valence electrons. The summed E-state index contributed by atoms with van der Waals surface area (Å²) in [7, 11) is 3.33. The van der Waals surface area contributed by atoms with Gasteiger partial charge in [0.1, 0.15) is 11.2 Å². The largest absolute Gasteiger partial charge is 0.325 e. The number of likely N-dealkylation sites (N-methyl/N-ethyl adjacent to an activating group) is 2. The number of benzene rings is 2. The summed E-state index contributed by atoms with van der Waals surface area (Å²) in [6.45, 7) is 0. The van der Waals surface area contributed by atoms with Crippen LogP contribution in [-0.4, -0.2) is 41.2 Å². The summed E-state index contributed by atoms with van der Waals surface area (Å²) in [4.78, 5) is 29.4. The van der Waals surface area contributed by atoms with Gasteiger partial charge in [-0.15, -0.1) is 0 Å². The number of amides is 2. The molecule has 2 aromatic carbocycles. The van der Waals surface area contributed by atoms with Crippen LogP contribution in [-0.2, 0) is 9.59 Å². The van der Waals surface area contributed by atoms with Gasteiger partial charge in [-0.25, -0.2) is 0 Å². The van der Waals surface area contributed by atoms with Crippen molar-refractivity contribution in [3.63, 3.8) is 0 Å². The predicted octanol–water partition coefficient (Wildman–Crippen LogP) is 2.76. The van der Waals surface area contributed by atoms with E-state index in [9.17, 15) is 14.9 Å². The highest BCUT2D eigenvalue weighted by Gasteiger charge is 2.68. The highest BCUT2D eigenvalue weighted by atomic mass is 16.2. The molecule has 1 saturated heterocycles. The molecule has 2 amide bonds. The summed E-state index contributed by atoms with van der Waals surface area (Å²) in [5.41, 5.74) is 1.65. The molecule has 5 nitrogen and oxygen atoms in total. The lowest BCUT2D eigenvalue weighted by Gasteiger charge is -2.39. The zero-order valence-corrected chi connectivity index (χ0v) is 15.2. The highest BCUT2D eigenvalue weighted by molar-refractivity contribution is 6.11. The number of nitriles is 1. The van der Waals surface area contributed by atoms with Crippen molar-refractivity contribution in [1.29, 1.82) is 5.26 Å². The molecule has 2 aromatic rings. The Bertz CT molecular complexity index is 1010. The van der Waals surface area contributed by atoms with Crippen molar-refractivity contribution in [1.82, 2.24) is 9.80 Å². The Morgan fingerprint density at radius 1 is 1.07 bits per heavy atom. The van der Waals surface area contributed by atoms with Crippen molar-refractivity contribution < 1.29 is 9.59 Å². The first-order valence-corrected chi connectivity index (χ1v) is 8.83. The topological polar surface area (TPSA) is 64.4 Å². The number of rotatable bonds is 2. The molecule has 0 bridgehead atoms. The third kappa shape index (κ3) is 2.45. The summed E-state index contributed by atoms with van der Waals surface area (Å²) in [5.74, 6) is -0.280. The molecule has 2 fully saturated rings. The van der Waals surface area contributed by atoms with Crippen LogP contribution in [0.1, 0.15) is 29.0 Å². The Hall–Kier alpha value is -3.39. The fraction of sp³-hybridized carbons (Fsp3) is 0.227. The fourth-order valence-electron chi connectivity index (χ4n) is 4.01. The van der Waals surface area contributed by atoms with Crippen molar-refractivity contribution in [2.45, 2.75) is 17.9 Å². The van der Waals surface area contributed by atoms with E-state index in [1.165, 1.54) is 4.90 Å². The quantitative estimate of drug-likeness (QED) is 0.777. The first-order chi connectivity index (χ1) is 13.0. The molecule has 0 aromatic heterocycles. The van der Waals surface area contributed by atoms with Gasteiger partial charge < -0.3 is 9.80 Å². The highest BCUT2D eigenvalue weighted by Crippen LogP contribution is 2.58. The Morgan fingerprint density at radius 3 is 2.44 bits per heavy atom. The van der Waals surface area contributed by atoms with Gasteiger partial charge in [0.05, 0.1) is 11.6 Å². The van der Waals surface area contributed by atoms with Crippen LogP contribution in [0.25, 0.3) is 6.08 Å². The minimum Gasteiger partial charge on any atom is -0.325 e. The maximum atomic E-state index is 13.2.